The van der Waals surface area contributed by atoms with Gasteiger partial charge >= 0.3 is 6.09 Å². The van der Waals surface area contributed by atoms with Gasteiger partial charge in [-0.05, 0) is 13.3 Å². The molecule has 7 nitrogen and oxygen atoms in total. The molecular formula is C19H19F3N4O3. The van der Waals surface area contributed by atoms with Crippen LogP contribution in [0.5, 0.6) is 0 Å². The van der Waals surface area contributed by atoms with E-state index < -0.39 is 41.0 Å². The molecule has 1 atom stereocenters. The van der Waals surface area contributed by atoms with Crippen LogP contribution in [0.1, 0.15) is 31.0 Å². The molecule has 0 spiro atoms. The van der Waals surface area contributed by atoms with Crippen molar-refractivity contribution in [3.05, 3.63) is 41.0 Å². The third kappa shape index (κ3) is 3.43. The van der Waals surface area contributed by atoms with E-state index in [4.69, 9.17) is 4.74 Å². The smallest absolute Gasteiger partial charge is 0.414 e. The van der Waals surface area contributed by atoms with Crippen LogP contribution >= 0.6 is 0 Å². The Kier molecular flexibility index (Phi) is 4.71. The Bertz CT molecular complexity index is 984. The Hall–Kier alpha value is -3.04. The Morgan fingerprint density at radius 2 is 2.03 bits per heavy atom. The molecule has 4 rings (SSSR count). The standard InChI is InChI=1S/C19H19F3N4O3/c1-10(27)3-4-12-8-26(19(28)29-12)15-5-13(20)18(17(22)16(15)21)25-7-11-6-24(2)23-14(11)9-25/h5-6,12H,3-4,7-9H2,1-2H3/t12-/m0/s1. The van der Waals surface area contributed by atoms with Gasteiger partial charge in [-0.1, -0.05) is 0 Å². The van der Waals surface area contributed by atoms with E-state index >= 15 is 0 Å². The number of halogens is 3. The molecule has 0 aliphatic carbocycles. The molecule has 0 unspecified atom stereocenters. The lowest BCUT2D eigenvalue weighted by Crippen LogP contribution is -2.27. The fourth-order valence-corrected chi connectivity index (χ4v) is 3.74. The van der Waals surface area contributed by atoms with E-state index in [2.05, 4.69) is 5.10 Å². The lowest BCUT2D eigenvalue weighted by atomic mass is 10.1. The maximum absolute atomic E-state index is 14.8. The average molecular weight is 408 g/mol. The Morgan fingerprint density at radius 3 is 2.72 bits per heavy atom. The number of Topliss-reactive ketones (excluding diaryl/α,β-unsaturated/α-hetero) is 1. The first-order valence-electron chi connectivity index (χ1n) is 9.16. The minimum atomic E-state index is -1.37. The van der Waals surface area contributed by atoms with Crippen molar-refractivity contribution in [2.24, 2.45) is 7.05 Å². The second kappa shape index (κ2) is 7.09. The normalized spacial score (nSPS) is 18.4. The number of benzene rings is 1. The van der Waals surface area contributed by atoms with Gasteiger partial charge in [0.2, 0.25) is 0 Å². The molecule has 154 valence electrons. The quantitative estimate of drug-likeness (QED) is 0.712. The van der Waals surface area contributed by atoms with Crippen LogP contribution in [0.3, 0.4) is 0 Å². The summed E-state index contributed by atoms with van der Waals surface area (Å²) in [4.78, 5) is 25.4. The Morgan fingerprint density at radius 1 is 1.28 bits per heavy atom. The molecule has 2 aromatic rings. The van der Waals surface area contributed by atoms with Crippen molar-refractivity contribution in [1.82, 2.24) is 9.78 Å². The van der Waals surface area contributed by atoms with Crippen molar-refractivity contribution in [2.45, 2.75) is 39.0 Å². The molecule has 0 radical (unpaired) electrons. The minimum absolute atomic E-state index is 0.0755. The summed E-state index contributed by atoms with van der Waals surface area (Å²) < 4.78 is 51.1. The zero-order chi connectivity index (χ0) is 20.9. The molecule has 1 aromatic heterocycles. The van der Waals surface area contributed by atoms with Crippen molar-refractivity contribution < 1.29 is 27.5 Å². The summed E-state index contributed by atoms with van der Waals surface area (Å²) in [6.45, 7) is 1.68. The number of ether oxygens (including phenoxy) is 1. The number of rotatable bonds is 5. The number of anilines is 2. The molecule has 1 saturated heterocycles. The first-order chi connectivity index (χ1) is 13.7. The van der Waals surface area contributed by atoms with Gasteiger partial charge in [0.05, 0.1) is 24.5 Å². The Labute approximate surface area is 164 Å². The number of hydrogen-bond acceptors (Lipinski definition) is 5. The molecule has 0 N–H and O–H groups in total. The maximum atomic E-state index is 14.8. The number of amides is 1. The van der Waals surface area contributed by atoms with Crippen molar-refractivity contribution in [3.63, 3.8) is 0 Å². The van der Waals surface area contributed by atoms with Crippen LogP contribution in [-0.2, 0) is 29.7 Å². The number of aromatic nitrogens is 2. The van der Waals surface area contributed by atoms with Crippen LogP contribution in [0.15, 0.2) is 12.3 Å². The third-order valence-corrected chi connectivity index (χ3v) is 5.11. The molecule has 1 fully saturated rings. The number of nitrogens with zero attached hydrogens (tertiary/aromatic N) is 4. The highest BCUT2D eigenvalue weighted by Crippen LogP contribution is 2.37. The summed E-state index contributed by atoms with van der Waals surface area (Å²) in [5.74, 6) is -3.74. The fourth-order valence-electron chi connectivity index (χ4n) is 3.74. The van der Waals surface area contributed by atoms with E-state index in [-0.39, 0.29) is 38.3 Å². The van der Waals surface area contributed by atoms with E-state index in [1.807, 2.05) is 0 Å². The van der Waals surface area contributed by atoms with Gasteiger partial charge in [-0.3, -0.25) is 9.58 Å². The lowest BCUT2D eigenvalue weighted by molar-refractivity contribution is -0.117. The summed E-state index contributed by atoms with van der Waals surface area (Å²) in [6.07, 6.45) is 0.664. The summed E-state index contributed by atoms with van der Waals surface area (Å²) in [5, 5.41) is 4.22. The van der Waals surface area contributed by atoms with Crippen molar-refractivity contribution in [2.75, 3.05) is 16.3 Å². The second-order valence-electron chi connectivity index (χ2n) is 7.34. The fraction of sp³-hybridized carbons (Fsp3) is 0.421. The average Bonchev–Trinajstić information content (AvgIpc) is 3.29. The number of aryl methyl sites for hydroxylation is 1. The highest BCUT2D eigenvalue weighted by Gasteiger charge is 2.37. The Balaban J connectivity index is 1.58. The van der Waals surface area contributed by atoms with E-state index in [0.29, 0.717) is 5.69 Å². The van der Waals surface area contributed by atoms with Gasteiger partial charge in [0.15, 0.2) is 17.5 Å². The lowest BCUT2D eigenvalue weighted by Gasteiger charge is -2.22. The van der Waals surface area contributed by atoms with Gasteiger partial charge in [0, 0.05) is 37.8 Å². The third-order valence-electron chi connectivity index (χ3n) is 5.11. The van der Waals surface area contributed by atoms with E-state index in [1.54, 1.807) is 17.9 Å². The topological polar surface area (TPSA) is 67.7 Å². The van der Waals surface area contributed by atoms with E-state index in [0.717, 1.165) is 16.5 Å². The summed E-state index contributed by atoms with van der Waals surface area (Å²) in [6, 6.07) is 0.804. The summed E-state index contributed by atoms with van der Waals surface area (Å²) in [5.41, 5.74) is 0.474. The summed E-state index contributed by atoms with van der Waals surface area (Å²) in [7, 11) is 1.75. The molecule has 10 heteroatoms. The zero-order valence-corrected chi connectivity index (χ0v) is 15.9. The first kappa shape index (κ1) is 19.3. The monoisotopic (exact) mass is 408 g/mol. The van der Waals surface area contributed by atoms with Crippen LogP contribution in [0.25, 0.3) is 0 Å². The number of fused-ring (bicyclic) bond motifs is 1. The number of carbonyl (C=O) groups excluding carboxylic acids is 2. The number of ketones is 1. The van der Waals surface area contributed by atoms with Crippen LogP contribution in [0, 0.1) is 17.5 Å². The SMILES string of the molecule is CC(=O)CC[C@H]1CN(c2cc(F)c(N3Cc4cn(C)nc4C3)c(F)c2F)C(=O)O1. The van der Waals surface area contributed by atoms with Gasteiger partial charge in [0.25, 0.3) is 0 Å². The largest absolute Gasteiger partial charge is 0.444 e. The summed E-state index contributed by atoms with van der Waals surface area (Å²) >= 11 is 0. The van der Waals surface area contributed by atoms with Crippen LogP contribution in [-0.4, -0.2) is 34.3 Å². The zero-order valence-electron chi connectivity index (χ0n) is 15.9. The molecular weight excluding hydrogens is 389 g/mol. The van der Waals surface area contributed by atoms with Gasteiger partial charge in [-0.15, -0.1) is 0 Å². The van der Waals surface area contributed by atoms with Crippen LogP contribution in [0.2, 0.25) is 0 Å². The predicted molar refractivity (Wildman–Crippen MR) is 96.9 cm³/mol. The maximum Gasteiger partial charge on any atom is 0.414 e. The van der Waals surface area contributed by atoms with Gasteiger partial charge in [-0.2, -0.15) is 5.10 Å². The molecule has 29 heavy (non-hydrogen) atoms. The number of hydrogen-bond donors (Lipinski definition) is 0. The number of carbonyl (C=O) groups is 2. The van der Waals surface area contributed by atoms with Gasteiger partial charge in [-0.25, -0.2) is 18.0 Å². The molecule has 1 aromatic carbocycles. The molecule has 0 saturated carbocycles. The van der Waals surface area contributed by atoms with Crippen LogP contribution in [0.4, 0.5) is 29.3 Å². The predicted octanol–water partition coefficient (Wildman–Crippen LogP) is 3.05. The van der Waals surface area contributed by atoms with Crippen LogP contribution < -0.4 is 9.80 Å². The highest BCUT2D eigenvalue weighted by atomic mass is 19.2. The first-order valence-corrected chi connectivity index (χ1v) is 9.16. The van der Waals surface area contributed by atoms with Crippen molar-refractivity contribution >= 4 is 23.3 Å². The molecule has 2 aliphatic heterocycles. The second-order valence-corrected chi connectivity index (χ2v) is 7.34. The van der Waals surface area contributed by atoms with Crippen molar-refractivity contribution in [1.29, 1.82) is 0 Å². The van der Waals surface area contributed by atoms with Gasteiger partial charge in [0.1, 0.15) is 17.6 Å². The number of cyclic esters (lactones) is 1. The van der Waals surface area contributed by atoms with Gasteiger partial charge < -0.3 is 14.4 Å². The van der Waals surface area contributed by atoms with E-state index in [1.165, 1.54) is 11.8 Å². The molecule has 1 amide bonds. The van der Waals surface area contributed by atoms with E-state index in [9.17, 15) is 22.8 Å². The van der Waals surface area contributed by atoms with Crippen molar-refractivity contribution in [3.8, 4) is 0 Å². The minimum Gasteiger partial charge on any atom is -0.444 e. The molecule has 0 bridgehead atoms. The highest BCUT2D eigenvalue weighted by molar-refractivity contribution is 5.90. The molecule has 2 aliphatic rings. The molecule has 3 heterocycles.